The Kier molecular flexibility index (Phi) is 6.50. The van der Waals surface area contributed by atoms with Crippen molar-refractivity contribution in [3.63, 3.8) is 0 Å². The molecule has 0 bridgehead atoms. The molecule has 0 N–H and O–H groups in total. The molecule has 0 fully saturated rings. The highest BCUT2D eigenvalue weighted by Gasteiger charge is 2.47. The van der Waals surface area contributed by atoms with Gasteiger partial charge in [-0.3, -0.25) is 0 Å². The molecule has 0 amide bonds. The summed E-state index contributed by atoms with van der Waals surface area (Å²) in [7, 11) is 0. The van der Waals surface area contributed by atoms with Crippen LogP contribution in [0.1, 0.15) is 77.6 Å². The van der Waals surface area contributed by atoms with Gasteiger partial charge in [0.1, 0.15) is 11.2 Å². The summed E-state index contributed by atoms with van der Waals surface area (Å²) in [4.78, 5) is 2.71. The Morgan fingerprint density at radius 1 is 0.567 bits per heavy atom. The van der Waals surface area contributed by atoms with E-state index >= 15 is 0 Å². The number of benzene rings is 7. The normalized spacial score (nSPS) is 15.1. The molecule has 0 saturated carbocycles. The summed E-state index contributed by atoms with van der Waals surface area (Å²) in [6, 6.07) is 48.9. The zero-order valence-electron chi connectivity index (χ0n) is 35.4. The first-order valence-corrected chi connectivity index (χ1v) is 22.3. The van der Waals surface area contributed by atoms with Gasteiger partial charge >= 0.3 is 6.85 Å². The second-order valence-electron chi connectivity index (χ2n) is 20.2. The molecule has 2 aliphatic heterocycles. The number of furan rings is 1. The first-order chi connectivity index (χ1) is 28.8. The second-order valence-corrected chi connectivity index (χ2v) is 21.2. The van der Waals surface area contributed by atoms with E-state index in [1.807, 2.05) is 11.3 Å². The summed E-state index contributed by atoms with van der Waals surface area (Å²) in [6.45, 7) is 18.7. The fourth-order valence-corrected chi connectivity index (χ4v) is 12.4. The summed E-state index contributed by atoms with van der Waals surface area (Å²) < 4.78 is 11.9. The van der Waals surface area contributed by atoms with Crippen LogP contribution in [-0.2, 0) is 16.2 Å². The minimum Gasteiger partial charge on any atom is -0.456 e. The zero-order chi connectivity index (χ0) is 40.8. The third kappa shape index (κ3) is 4.36. The molecular formula is C55H45BN2OS. The predicted octanol–water partition coefficient (Wildman–Crippen LogP) is 14.0. The average Bonchev–Trinajstić information content (AvgIpc) is 3.95. The van der Waals surface area contributed by atoms with Gasteiger partial charge in [0.15, 0.2) is 0 Å². The molecule has 7 aromatic carbocycles. The lowest BCUT2D eigenvalue weighted by Gasteiger charge is -2.41. The molecule has 5 heteroatoms. The number of para-hydroxylation sites is 1. The first-order valence-electron chi connectivity index (χ1n) is 21.5. The van der Waals surface area contributed by atoms with Crippen LogP contribution in [-0.4, -0.2) is 11.4 Å². The summed E-state index contributed by atoms with van der Waals surface area (Å²) >= 11 is 1.98. The van der Waals surface area contributed by atoms with E-state index in [-0.39, 0.29) is 23.1 Å². The molecule has 290 valence electrons. The Hall–Kier alpha value is -6.04. The third-order valence-corrected chi connectivity index (χ3v) is 15.5. The van der Waals surface area contributed by atoms with Crippen molar-refractivity contribution in [3.8, 4) is 27.9 Å². The van der Waals surface area contributed by atoms with Gasteiger partial charge in [-0.1, -0.05) is 128 Å². The van der Waals surface area contributed by atoms with Gasteiger partial charge in [-0.2, -0.15) is 0 Å². The smallest absolute Gasteiger partial charge is 0.343 e. The highest BCUT2D eigenvalue weighted by Crippen LogP contribution is 2.55. The number of hydrogen-bond acceptors (Lipinski definition) is 3. The SMILES string of the molecule is CC(C)(C)c1ccc(N2B3c4sc5ccc(C(C)(C)C)cc5c4-n4c5cc6c(cc5c5ccc(c3c54)-c3cc4c(cc32)-c2ccccc2C4(C)C)oc2ccccc26)cc1. The van der Waals surface area contributed by atoms with E-state index in [2.05, 4.69) is 192 Å². The maximum absolute atomic E-state index is 6.58. The predicted molar refractivity (Wildman–Crippen MR) is 257 cm³/mol. The van der Waals surface area contributed by atoms with E-state index in [4.69, 9.17) is 4.42 Å². The number of anilines is 2. The first kappa shape index (κ1) is 34.8. The number of hydrogen-bond donors (Lipinski definition) is 0. The molecular weight excluding hydrogens is 747 g/mol. The minimum atomic E-state index is -0.118. The van der Waals surface area contributed by atoms with E-state index in [0.717, 1.165) is 21.9 Å². The Morgan fingerprint density at radius 2 is 1.32 bits per heavy atom. The highest BCUT2D eigenvalue weighted by atomic mass is 32.1. The number of rotatable bonds is 1. The van der Waals surface area contributed by atoms with Crippen LogP contribution >= 0.6 is 11.3 Å². The van der Waals surface area contributed by atoms with Crippen LogP contribution in [0.3, 0.4) is 0 Å². The van der Waals surface area contributed by atoms with Crippen molar-refractivity contribution in [3.05, 3.63) is 150 Å². The van der Waals surface area contributed by atoms with Gasteiger partial charge in [0.05, 0.1) is 16.7 Å². The maximum atomic E-state index is 6.58. The van der Waals surface area contributed by atoms with Crippen molar-refractivity contribution < 1.29 is 4.42 Å². The molecule has 0 saturated heterocycles. The van der Waals surface area contributed by atoms with Crippen LogP contribution < -0.4 is 15.1 Å². The Bertz CT molecular complexity index is 3550. The van der Waals surface area contributed by atoms with Crippen LogP contribution in [0.4, 0.5) is 11.4 Å². The van der Waals surface area contributed by atoms with Crippen molar-refractivity contribution in [2.45, 2.75) is 71.6 Å². The number of thiophene rings is 1. The molecule has 13 rings (SSSR count). The number of fused-ring (bicyclic) bond motifs is 16. The number of nitrogens with zero attached hydrogens (tertiary/aromatic N) is 2. The summed E-state index contributed by atoms with van der Waals surface area (Å²) in [5, 5.41) is 6.15. The van der Waals surface area contributed by atoms with Crippen LogP contribution in [0.5, 0.6) is 0 Å². The van der Waals surface area contributed by atoms with E-state index < -0.39 is 0 Å². The molecule has 3 nitrogen and oxygen atoms in total. The lowest BCUT2D eigenvalue weighted by atomic mass is 9.47. The average molecular weight is 793 g/mol. The summed E-state index contributed by atoms with van der Waals surface area (Å²) in [5.41, 5.74) is 20.4. The maximum Gasteiger partial charge on any atom is 0.343 e. The molecule has 60 heavy (non-hydrogen) atoms. The molecule has 0 radical (unpaired) electrons. The number of aromatic nitrogens is 1. The van der Waals surface area contributed by atoms with Gasteiger partial charge in [0.2, 0.25) is 0 Å². The van der Waals surface area contributed by atoms with Crippen LogP contribution in [0.15, 0.2) is 132 Å². The van der Waals surface area contributed by atoms with Crippen molar-refractivity contribution in [1.82, 2.24) is 4.57 Å². The lowest BCUT2D eigenvalue weighted by molar-refractivity contribution is 0.590. The van der Waals surface area contributed by atoms with Gasteiger partial charge in [-0.05, 0) is 110 Å². The molecule has 1 aliphatic carbocycles. The lowest BCUT2D eigenvalue weighted by Crippen LogP contribution is -2.59. The van der Waals surface area contributed by atoms with Crippen LogP contribution in [0, 0.1) is 0 Å². The van der Waals surface area contributed by atoms with Gasteiger partial charge < -0.3 is 13.8 Å². The fraction of sp³-hybridized carbons (Fsp3) is 0.200. The van der Waals surface area contributed by atoms with E-state index in [1.54, 1.807) is 0 Å². The molecule has 0 atom stereocenters. The second kappa shape index (κ2) is 11.2. The molecule has 0 spiro atoms. The van der Waals surface area contributed by atoms with Crippen molar-refractivity contribution in [2.75, 3.05) is 4.81 Å². The highest BCUT2D eigenvalue weighted by molar-refractivity contribution is 7.32. The quantitative estimate of drug-likeness (QED) is 0.154. The molecule has 3 aromatic heterocycles. The van der Waals surface area contributed by atoms with E-state index in [0.29, 0.717) is 0 Å². The fourth-order valence-electron chi connectivity index (χ4n) is 11.2. The topological polar surface area (TPSA) is 21.3 Å². The van der Waals surface area contributed by atoms with E-state index in [1.165, 1.54) is 104 Å². The monoisotopic (exact) mass is 792 g/mol. The standard InChI is InChI=1S/C55H45BN2OS/c1-53(2,3)30-17-20-32(21-18-30)58-45-27-37-33-13-9-11-15-42(33)55(7,8)43(37)26-38(45)35-22-23-36-39-29-47-40(34-14-10-12-16-46(34)59-47)28-44(39)57-50(36)49(35)56(58)52-51(57)41-25-31(54(4,5)6)19-24-48(41)60-52/h9-29H,1-8H3. The molecule has 0 unspecified atom stereocenters. The van der Waals surface area contributed by atoms with Gasteiger partial charge in [-0.15, -0.1) is 11.3 Å². The largest absolute Gasteiger partial charge is 0.456 e. The summed E-state index contributed by atoms with van der Waals surface area (Å²) in [6.07, 6.45) is 0. The molecule has 5 heterocycles. The third-order valence-electron chi connectivity index (χ3n) is 14.3. The Labute approximate surface area is 355 Å². The summed E-state index contributed by atoms with van der Waals surface area (Å²) in [5.74, 6) is 0. The minimum absolute atomic E-state index is 0.00770. The molecule has 3 aliphatic rings. The van der Waals surface area contributed by atoms with Crippen molar-refractivity contribution in [1.29, 1.82) is 0 Å². The van der Waals surface area contributed by atoms with Crippen molar-refractivity contribution >= 4 is 93.6 Å². The Balaban J connectivity index is 1.21. The van der Waals surface area contributed by atoms with Gasteiger partial charge in [0.25, 0.3) is 0 Å². The zero-order valence-corrected chi connectivity index (χ0v) is 36.2. The van der Waals surface area contributed by atoms with E-state index in [9.17, 15) is 0 Å². The molecule has 10 aromatic rings. The van der Waals surface area contributed by atoms with Crippen molar-refractivity contribution in [2.24, 2.45) is 0 Å². The van der Waals surface area contributed by atoms with Crippen LogP contribution in [0.25, 0.3) is 81.8 Å². The van der Waals surface area contributed by atoms with Crippen LogP contribution in [0.2, 0.25) is 0 Å². The van der Waals surface area contributed by atoms with Gasteiger partial charge in [-0.25, -0.2) is 0 Å². The Morgan fingerprint density at radius 3 is 2.12 bits per heavy atom. The van der Waals surface area contributed by atoms with Gasteiger partial charge in [0, 0.05) is 58.8 Å².